The molecule has 1 heterocycles. The smallest absolute Gasteiger partial charge is 0.134 e. The van der Waals surface area contributed by atoms with E-state index >= 15 is 0 Å². The SMILES string of the molecule is C(#Cc1ccccc1)[CH]c1cc2ccccc2o1. The van der Waals surface area contributed by atoms with Gasteiger partial charge in [0.25, 0.3) is 0 Å². The molecule has 2 aromatic carbocycles. The molecule has 18 heavy (non-hydrogen) atoms. The molecular weight excluding hydrogens is 220 g/mol. The van der Waals surface area contributed by atoms with Crippen molar-refractivity contribution in [3.8, 4) is 11.8 Å². The van der Waals surface area contributed by atoms with Gasteiger partial charge in [0.15, 0.2) is 0 Å². The predicted octanol–water partition coefficient (Wildman–Crippen LogP) is 4.04. The Labute approximate surface area is 106 Å². The molecule has 0 N–H and O–H groups in total. The average Bonchev–Trinajstić information content (AvgIpc) is 2.82. The summed E-state index contributed by atoms with van der Waals surface area (Å²) in [5.41, 5.74) is 1.90. The van der Waals surface area contributed by atoms with Crippen LogP contribution < -0.4 is 0 Å². The van der Waals surface area contributed by atoms with E-state index in [1.165, 1.54) is 0 Å². The highest BCUT2D eigenvalue weighted by Crippen LogP contribution is 2.19. The van der Waals surface area contributed by atoms with E-state index in [0.717, 1.165) is 22.3 Å². The summed E-state index contributed by atoms with van der Waals surface area (Å²) in [4.78, 5) is 0. The lowest BCUT2D eigenvalue weighted by Crippen LogP contribution is -1.73. The first-order chi connectivity index (χ1) is 8.92. The maximum absolute atomic E-state index is 5.65. The molecule has 0 amide bonds. The van der Waals surface area contributed by atoms with Gasteiger partial charge >= 0.3 is 0 Å². The summed E-state index contributed by atoms with van der Waals surface area (Å²) in [6, 6.07) is 19.8. The van der Waals surface area contributed by atoms with Crippen LogP contribution in [0.1, 0.15) is 11.3 Å². The number of hydrogen-bond donors (Lipinski definition) is 0. The zero-order valence-corrected chi connectivity index (χ0v) is 9.76. The van der Waals surface area contributed by atoms with Gasteiger partial charge < -0.3 is 4.42 Å². The van der Waals surface area contributed by atoms with E-state index in [0.29, 0.717) is 0 Å². The van der Waals surface area contributed by atoms with Crippen molar-refractivity contribution in [1.82, 2.24) is 0 Å². The van der Waals surface area contributed by atoms with Gasteiger partial charge in [-0.1, -0.05) is 48.2 Å². The molecule has 0 atom stereocenters. The predicted molar refractivity (Wildman–Crippen MR) is 72.9 cm³/mol. The lowest BCUT2D eigenvalue weighted by molar-refractivity contribution is 0.590. The standard InChI is InChI=1S/C17H11O/c1-2-7-14(8-3-1)9-6-11-16-13-15-10-4-5-12-17(15)18-16/h1-5,7-8,10-13H. The van der Waals surface area contributed by atoms with Crippen LogP contribution >= 0.6 is 0 Å². The Morgan fingerprint density at radius 2 is 1.67 bits per heavy atom. The van der Waals surface area contributed by atoms with Gasteiger partial charge in [0.1, 0.15) is 11.3 Å². The van der Waals surface area contributed by atoms with Crippen molar-refractivity contribution in [1.29, 1.82) is 0 Å². The minimum absolute atomic E-state index is 0.791. The molecule has 3 rings (SSSR count). The van der Waals surface area contributed by atoms with Crippen molar-refractivity contribution in [3.63, 3.8) is 0 Å². The first-order valence-electron chi connectivity index (χ1n) is 5.80. The van der Waals surface area contributed by atoms with Crippen LogP contribution in [0, 0.1) is 18.3 Å². The molecule has 1 radical (unpaired) electrons. The molecule has 0 spiro atoms. The molecule has 0 aliphatic rings. The third kappa shape index (κ3) is 2.28. The van der Waals surface area contributed by atoms with Gasteiger partial charge in [-0.3, -0.25) is 0 Å². The van der Waals surface area contributed by atoms with Gasteiger partial charge in [-0.05, 0) is 24.3 Å². The number of benzene rings is 2. The van der Waals surface area contributed by atoms with Crippen LogP contribution in [0.2, 0.25) is 0 Å². The normalized spacial score (nSPS) is 10.0. The van der Waals surface area contributed by atoms with Crippen molar-refractivity contribution in [2.45, 2.75) is 0 Å². The molecule has 1 nitrogen and oxygen atoms in total. The third-order valence-corrected chi connectivity index (χ3v) is 2.65. The third-order valence-electron chi connectivity index (χ3n) is 2.65. The number of fused-ring (bicyclic) bond motifs is 1. The van der Waals surface area contributed by atoms with Crippen molar-refractivity contribution in [3.05, 3.63) is 78.4 Å². The summed E-state index contributed by atoms with van der Waals surface area (Å²) < 4.78 is 5.65. The zero-order valence-electron chi connectivity index (χ0n) is 9.76. The van der Waals surface area contributed by atoms with Gasteiger partial charge in [0, 0.05) is 10.9 Å². The average molecular weight is 231 g/mol. The number of hydrogen-bond acceptors (Lipinski definition) is 1. The van der Waals surface area contributed by atoms with Gasteiger partial charge in [-0.25, -0.2) is 0 Å². The van der Waals surface area contributed by atoms with Crippen molar-refractivity contribution < 1.29 is 4.42 Å². The largest absolute Gasteiger partial charge is 0.460 e. The van der Waals surface area contributed by atoms with Gasteiger partial charge in [0.2, 0.25) is 0 Å². The summed E-state index contributed by atoms with van der Waals surface area (Å²) in [7, 11) is 0. The van der Waals surface area contributed by atoms with Crippen molar-refractivity contribution >= 4 is 11.0 Å². The highest BCUT2D eigenvalue weighted by molar-refractivity contribution is 5.78. The van der Waals surface area contributed by atoms with Crippen LogP contribution in [-0.2, 0) is 0 Å². The maximum atomic E-state index is 5.65. The lowest BCUT2D eigenvalue weighted by Gasteiger charge is -1.87. The van der Waals surface area contributed by atoms with Crippen molar-refractivity contribution in [2.75, 3.05) is 0 Å². The molecule has 1 aromatic heterocycles. The van der Waals surface area contributed by atoms with Crippen LogP contribution in [0.4, 0.5) is 0 Å². The van der Waals surface area contributed by atoms with Crippen LogP contribution in [0.3, 0.4) is 0 Å². The Kier molecular flexibility index (Phi) is 2.85. The maximum Gasteiger partial charge on any atom is 0.134 e. The molecule has 0 saturated heterocycles. The second kappa shape index (κ2) is 4.81. The minimum Gasteiger partial charge on any atom is -0.460 e. The molecular formula is C17H11O. The topological polar surface area (TPSA) is 13.1 Å². The van der Waals surface area contributed by atoms with E-state index < -0.39 is 0 Å². The Hall–Kier alpha value is -2.46. The Morgan fingerprint density at radius 3 is 2.50 bits per heavy atom. The Morgan fingerprint density at radius 1 is 0.889 bits per heavy atom. The van der Waals surface area contributed by atoms with E-state index in [1.54, 1.807) is 6.42 Å². The van der Waals surface area contributed by atoms with E-state index in [2.05, 4.69) is 11.8 Å². The second-order valence-electron chi connectivity index (χ2n) is 3.97. The summed E-state index contributed by atoms with van der Waals surface area (Å²) in [5, 5.41) is 1.10. The van der Waals surface area contributed by atoms with Crippen LogP contribution in [0.25, 0.3) is 11.0 Å². The number of para-hydroxylation sites is 1. The minimum atomic E-state index is 0.791. The van der Waals surface area contributed by atoms with E-state index in [-0.39, 0.29) is 0 Å². The molecule has 0 unspecified atom stereocenters. The van der Waals surface area contributed by atoms with Crippen LogP contribution in [-0.4, -0.2) is 0 Å². The number of furan rings is 1. The molecule has 0 saturated carbocycles. The summed E-state index contributed by atoms with van der Waals surface area (Å²) in [6.07, 6.45) is 1.80. The van der Waals surface area contributed by atoms with Crippen LogP contribution in [0.5, 0.6) is 0 Å². The Balaban J connectivity index is 1.79. The highest BCUT2D eigenvalue weighted by Gasteiger charge is 2.00. The first-order valence-corrected chi connectivity index (χ1v) is 5.80. The van der Waals surface area contributed by atoms with Crippen molar-refractivity contribution in [2.24, 2.45) is 0 Å². The monoisotopic (exact) mass is 231 g/mol. The summed E-state index contributed by atoms with van der Waals surface area (Å²) in [5.74, 6) is 6.87. The van der Waals surface area contributed by atoms with E-state index in [9.17, 15) is 0 Å². The molecule has 85 valence electrons. The van der Waals surface area contributed by atoms with E-state index in [1.807, 2.05) is 60.7 Å². The molecule has 0 aliphatic heterocycles. The van der Waals surface area contributed by atoms with Gasteiger partial charge in [-0.15, -0.1) is 0 Å². The fraction of sp³-hybridized carbons (Fsp3) is 0. The zero-order chi connectivity index (χ0) is 12.2. The first kappa shape index (κ1) is 10.7. The Bertz CT molecular complexity index is 678. The fourth-order valence-corrected chi connectivity index (χ4v) is 1.79. The molecule has 1 heteroatoms. The molecule has 0 fully saturated rings. The summed E-state index contributed by atoms with van der Waals surface area (Å²) in [6.45, 7) is 0. The lowest BCUT2D eigenvalue weighted by atomic mass is 10.2. The van der Waals surface area contributed by atoms with Gasteiger partial charge in [-0.2, -0.15) is 0 Å². The van der Waals surface area contributed by atoms with Crippen LogP contribution in [0.15, 0.2) is 65.1 Å². The molecule has 0 aliphatic carbocycles. The van der Waals surface area contributed by atoms with E-state index in [4.69, 9.17) is 4.42 Å². The molecule has 0 bridgehead atoms. The second-order valence-corrected chi connectivity index (χ2v) is 3.97. The number of rotatable bonds is 1. The quantitative estimate of drug-likeness (QED) is 0.576. The molecule has 3 aromatic rings. The summed E-state index contributed by atoms with van der Waals surface area (Å²) >= 11 is 0. The van der Waals surface area contributed by atoms with Gasteiger partial charge in [0.05, 0.1) is 6.42 Å². The highest BCUT2D eigenvalue weighted by atomic mass is 16.3. The fourth-order valence-electron chi connectivity index (χ4n) is 1.79.